The van der Waals surface area contributed by atoms with Crippen LogP contribution < -0.4 is 0 Å². The Kier molecular flexibility index (Phi) is 15.4. The number of unbranched alkanes of at least 4 members (excludes halogenated alkanes) is 11. The molecule has 0 aromatic rings. The molecule has 0 aromatic heterocycles. The van der Waals surface area contributed by atoms with Crippen molar-refractivity contribution in [2.24, 2.45) is 0 Å². The van der Waals surface area contributed by atoms with Gasteiger partial charge in [-0.3, -0.25) is 0 Å². The Hall–Kier alpha value is 0.730. The van der Waals surface area contributed by atoms with E-state index >= 15 is 0 Å². The van der Waals surface area contributed by atoms with Gasteiger partial charge in [-0.2, -0.15) is 0 Å². The van der Waals surface area contributed by atoms with Crippen molar-refractivity contribution in [3.05, 3.63) is 0 Å². The van der Waals surface area contributed by atoms with Crippen molar-refractivity contribution in [2.75, 3.05) is 0 Å². The van der Waals surface area contributed by atoms with Gasteiger partial charge in [0, 0.05) is 3.92 Å². The van der Waals surface area contributed by atoms with Crippen molar-refractivity contribution < 1.29 is 0 Å². The summed E-state index contributed by atoms with van der Waals surface area (Å²) >= 11 is 2.54. The minimum Gasteiger partial charge on any atom is -0.0829 e. The first kappa shape index (κ1) is 17.7. The Morgan fingerprint density at radius 1 is 0.647 bits per heavy atom. The molecule has 0 aromatic carbocycles. The molecule has 104 valence electrons. The zero-order valence-corrected chi connectivity index (χ0v) is 14.3. The third kappa shape index (κ3) is 16.7. The van der Waals surface area contributed by atoms with Crippen LogP contribution in [0.1, 0.15) is 97.3 Å². The summed E-state index contributed by atoms with van der Waals surface area (Å²) in [4.78, 5) is 0. The molecule has 17 heavy (non-hydrogen) atoms. The van der Waals surface area contributed by atoms with E-state index in [1.54, 1.807) is 0 Å². The van der Waals surface area contributed by atoms with Crippen LogP contribution in [-0.2, 0) is 0 Å². The Balaban J connectivity index is 2.89. The molecule has 1 heteroatoms. The van der Waals surface area contributed by atoms with Crippen LogP contribution in [-0.4, -0.2) is 3.92 Å². The normalized spacial score (nSPS) is 12.9. The molecule has 0 saturated heterocycles. The maximum Gasteiger partial charge on any atom is 0.00813 e. The van der Waals surface area contributed by atoms with Gasteiger partial charge >= 0.3 is 0 Å². The summed E-state index contributed by atoms with van der Waals surface area (Å²) < 4.78 is 0.871. The highest BCUT2D eigenvalue weighted by Gasteiger charge is 1.96. The molecule has 0 radical (unpaired) electrons. The second kappa shape index (κ2) is 14.8. The van der Waals surface area contributed by atoms with Gasteiger partial charge in [0.1, 0.15) is 0 Å². The van der Waals surface area contributed by atoms with Gasteiger partial charge in [0.05, 0.1) is 0 Å². The summed E-state index contributed by atoms with van der Waals surface area (Å²) in [7, 11) is 0. The fourth-order valence-corrected chi connectivity index (χ4v) is 2.71. The monoisotopic (exact) mass is 352 g/mol. The third-order valence-corrected chi connectivity index (χ3v) is 4.08. The maximum atomic E-state index is 2.54. The summed E-state index contributed by atoms with van der Waals surface area (Å²) in [6.45, 7) is 4.61. The van der Waals surface area contributed by atoms with Crippen molar-refractivity contribution in [1.29, 1.82) is 0 Å². The summed E-state index contributed by atoms with van der Waals surface area (Å²) in [5.41, 5.74) is 0. The van der Waals surface area contributed by atoms with Gasteiger partial charge in [-0.25, -0.2) is 0 Å². The van der Waals surface area contributed by atoms with Crippen LogP contribution >= 0.6 is 22.6 Å². The summed E-state index contributed by atoms with van der Waals surface area (Å²) in [6, 6.07) is 0. The highest BCUT2D eigenvalue weighted by atomic mass is 127. The van der Waals surface area contributed by atoms with E-state index in [9.17, 15) is 0 Å². The Morgan fingerprint density at radius 3 is 1.35 bits per heavy atom. The third-order valence-electron chi connectivity index (χ3n) is 3.46. The predicted molar refractivity (Wildman–Crippen MR) is 89.2 cm³/mol. The van der Waals surface area contributed by atoms with Crippen molar-refractivity contribution in [3.63, 3.8) is 0 Å². The fourth-order valence-electron chi connectivity index (χ4n) is 2.27. The van der Waals surface area contributed by atoms with Crippen molar-refractivity contribution >= 4 is 22.6 Å². The van der Waals surface area contributed by atoms with E-state index in [0.717, 1.165) is 3.92 Å². The van der Waals surface area contributed by atoms with Crippen LogP contribution in [0.2, 0.25) is 0 Å². The zero-order chi connectivity index (χ0) is 12.8. The van der Waals surface area contributed by atoms with Crippen molar-refractivity contribution in [1.82, 2.24) is 0 Å². The first-order chi connectivity index (χ1) is 8.27. The largest absolute Gasteiger partial charge is 0.0829 e. The standard InChI is InChI=1S/C16H33I/c1-3-4-5-6-7-8-9-10-11-12-13-14-15-16(2)17/h16H,3-15H2,1-2H3. The molecule has 0 rings (SSSR count). The SMILES string of the molecule is CCCCCCCCCCCCCCC(C)I. The van der Waals surface area contributed by atoms with E-state index in [0.29, 0.717) is 0 Å². The lowest BCUT2D eigenvalue weighted by molar-refractivity contribution is 0.540. The zero-order valence-electron chi connectivity index (χ0n) is 12.1. The molecule has 0 aliphatic heterocycles. The number of rotatable bonds is 13. The first-order valence-electron chi connectivity index (χ1n) is 7.91. The molecule has 0 aliphatic rings. The average Bonchev–Trinajstić information content (AvgIpc) is 2.30. The second-order valence-corrected chi connectivity index (χ2v) is 7.58. The lowest BCUT2D eigenvalue weighted by atomic mass is 10.0. The molecular formula is C16H33I. The minimum absolute atomic E-state index is 0.871. The Labute approximate surface area is 123 Å². The van der Waals surface area contributed by atoms with Crippen LogP contribution in [0.5, 0.6) is 0 Å². The quantitative estimate of drug-likeness (QED) is 0.192. The minimum atomic E-state index is 0.871. The summed E-state index contributed by atoms with van der Waals surface area (Å²) in [6.07, 6.45) is 18.9. The van der Waals surface area contributed by atoms with Crippen LogP contribution in [0.3, 0.4) is 0 Å². The van der Waals surface area contributed by atoms with E-state index in [1.165, 1.54) is 83.5 Å². The number of hydrogen-bond donors (Lipinski definition) is 0. The second-order valence-electron chi connectivity index (χ2n) is 5.46. The molecule has 0 spiro atoms. The van der Waals surface area contributed by atoms with Crippen molar-refractivity contribution in [3.8, 4) is 0 Å². The number of hydrogen-bond acceptors (Lipinski definition) is 0. The van der Waals surface area contributed by atoms with Gasteiger partial charge in [-0.1, -0.05) is 113 Å². The van der Waals surface area contributed by atoms with E-state index in [4.69, 9.17) is 0 Å². The highest BCUT2D eigenvalue weighted by Crippen LogP contribution is 2.14. The van der Waals surface area contributed by atoms with Crippen LogP contribution in [0.15, 0.2) is 0 Å². The highest BCUT2D eigenvalue weighted by molar-refractivity contribution is 14.1. The molecule has 0 nitrogen and oxygen atoms in total. The first-order valence-corrected chi connectivity index (χ1v) is 9.16. The molecular weight excluding hydrogens is 319 g/mol. The maximum absolute atomic E-state index is 2.54. The molecule has 0 fully saturated rings. The Bertz CT molecular complexity index is 131. The van der Waals surface area contributed by atoms with E-state index in [-0.39, 0.29) is 0 Å². The predicted octanol–water partition coefficient (Wildman–Crippen LogP) is 6.90. The molecule has 1 atom stereocenters. The molecule has 0 saturated carbocycles. The van der Waals surface area contributed by atoms with Gasteiger partial charge in [-0.15, -0.1) is 0 Å². The van der Waals surface area contributed by atoms with Gasteiger partial charge in [0.15, 0.2) is 0 Å². The molecule has 0 heterocycles. The van der Waals surface area contributed by atoms with Crippen molar-refractivity contribution in [2.45, 2.75) is 101 Å². The smallest absolute Gasteiger partial charge is 0.00813 e. The van der Waals surface area contributed by atoms with E-state index in [2.05, 4.69) is 36.4 Å². The van der Waals surface area contributed by atoms with Gasteiger partial charge in [0.25, 0.3) is 0 Å². The summed E-state index contributed by atoms with van der Waals surface area (Å²) in [5, 5.41) is 0. The van der Waals surface area contributed by atoms with Crippen LogP contribution in [0.25, 0.3) is 0 Å². The van der Waals surface area contributed by atoms with E-state index in [1.807, 2.05) is 0 Å². The molecule has 0 bridgehead atoms. The number of alkyl halides is 1. The Morgan fingerprint density at radius 2 is 1.00 bits per heavy atom. The lowest BCUT2D eigenvalue weighted by Crippen LogP contribution is -1.89. The van der Waals surface area contributed by atoms with Gasteiger partial charge in [-0.05, 0) is 6.42 Å². The van der Waals surface area contributed by atoms with Crippen LogP contribution in [0, 0.1) is 0 Å². The van der Waals surface area contributed by atoms with Crippen LogP contribution in [0.4, 0.5) is 0 Å². The topological polar surface area (TPSA) is 0 Å². The lowest BCUT2D eigenvalue weighted by Gasteiger charge is -2.04. The average molecular weight is 352 g/mol. The molecule has 1 unspecified atom stereocenters. The fraction of sp³-hybridized carbons (Fsp3) is 1.00. The van der Waals surface area contributed by atoms with Gasteiger partial charge < -0.3 is 0 Å². The summed E-state index contributed by atoms with van der Waals surface area (Å²) in [5.74, 6) is 0. The molecule has 0 N–H and O–H groups in total. The number of halogens is 1. The molecule has 0 aliphatic carbocycles. The van der Waals surface area contributed by atoms with E-state index < -0.39 is 0 Å². The van der Waals surface area contributed by atoms with Gasteiger partial charge in [0.2, 0.25) is 0 Å². The molecule has 0 amide bonds.